The average Bonchev–Trinajstić information content (AvgIpc) is 0.957. The number of hydrogen-bond acceptors (Lipinski definition) is 32. The van der Waals surface area contributed by atoms with E-state index in [4.69, 9.17) is 91.7 Å². The van der Waals surface area contributed by atoms with Crippen molar-refractivity contribution in [2.24, 2.45) is 91.7 Å². The molecule has 32 N–H and O–H groups in total. The molecular weight excluding hydrogens is 1530 g/mol. The molecule has 32 nitrogen and oxygen atoms in total. The summed E-state index contributed by atoms with van der Waals surface area (Å²) in [6.07, 6.45) is 28.0. The van der Waals surface area contributed by atoms with E-state index in [-0.39, 0.29) is 0 Å². The van der Waals surface area contributed by atoms with Gasteiger partial charge in [0.05, 0.1) is 0 Å². The quantitative estimate of drug-likeness (QED) is 0.0332. The van der Waals surface area contributed by atoms with Crippen molar-refractivity contribution in [3.8, 4) is 0 Å². The maximum atomic E-state index is 6.14. The van der Waals surface area contributed by atoms with Crippen molar-refractivity contribution in [2.75, 3.05) is 420 Å². The second-order valence-electron chi connectivity index (χ2n) is 35.2. The maximum absolute atomic E-state index is 6.14. The molecule has 0 fully saturated rings. The molecule has 122 heavy (non-hydrogen) atoms. The molecule has 0 aliphatic rings. The van der Waals surface area contributed by atoms with E-state index in [0.29, 0.717) is 105 Å². The molecule has 0 spiro atoms. The van der Waals surface area contributed by atoms with E-state index in [1.54, 1.807) is 0 Å². The van der Waals surface area contributed by atoms with E-state index >= 15 is 0 Å². The van der Waals surface area contributed by atoms with Crippen molar-refractivity contribution in [1.82, 2.24) is 78.4 Å². The highest BCUT2D eigenvalue weighted by molar-refractivity contribution is 4.77. The SMILES string of the molecule is CN(C)CCCN(CCCN(CCCN(CCCN(CCN)CCN)CCCN(CCN)CCN)CCCN(CCCN(CCCN)CCCN)CCCN(CCCN)CCCN)CCCN(CCCN(CCCN(CCCN)CCCN)CCCN(CCCN)CCCN)CCCN(CCCN(CCCN)CCCN)CCN(CCCN)CCCN. The van der Waals surface area contributed by atoms with E-state index < -0.39 is 0 Å². The Morgan fingerprint density at radius 2 is 0.172 bits per heavy atom. The van der Waals surface area contributed by atoms with Gasteiger partial charge >= 0.3 is 0 Å². The Hall–Kier alpha value is -1.28. The van der Waals surface area contributed by atoms with Crippen LogP contribution in [0.4, 0.5) is 0 Å². The van der Waals surface area contributed by atoms with Gasteiger partial charge in [0.2, 0.25) is 0 Å². The second-order valence-corrected chi connectivity index (χ2v) is 35.2. The molecule has 0 saturated carbocycles. The van der Waals surface area contributed by atoms with Crippen molar-refractivity contribution in [2.45, 2.75) is 167 Å². The number of rotatable bonds is 103. The van der Waals surface area contributed by atoms with Crippen LogP contribution in [0.1, 0.15) is 167 Å². The first kappa shape index (κ1) is 121. The summed E-state index contributed by atoms with van der Waals surface area (Å²) < 4.78 is 0. The highest BCUT2D eigenvalue weighted by Gasteiger charge is 2.20. The summed E-state index contributed by atoms with van der Waals surface area (Å²) in [5.41, 5.74) is 97.6. The minimum atomic E-state index is 0.649. The van der Waals surface area contributed by atoms with E-state index in [0.717, 1.165) is 468 Å². The molecule has 0 heterocycles. The fourth-order valence-corrected chi connectivity index (χ4v) is 17.2. The van der Waals surface area contributed by atoms with Crippen molar-refractivity contribution in [1.29, 1.82) is 0 Å². The first-order chi connectivity index (χ1) is 59.7. The summed E-state index contributed by atoms with van der Waals surface area (Å²) in [4.78, 5) is 42.6. The van der Waals surface area contributed by atoms with Crippen LogP contribution in [0.15, 0.2) is 0 Å². The molecule has 0 rings (SSSR count). The van der Waals surface area contributed by atoms with Crippen LogP contribution in [-0.4, -0.2) is 498 Å². The minimum Gasteiger partial charge on any atom is -0.330 e. The number of hydrogen-bond donors (Lipinski definition) is 16. The zero-order chi connectivity index (χ0) is 89.5. The lowest BCUT2D eigenvalue weighted by atomic mass is 10.2. The van der Waals surface area contributed by atoms with Crippen molar-refractivity contribution in [3.05, 3.63) is 0 Å². The lowest BCUT2D eigenvalue weighted by molar-refractivity contribution is 0.165. The molecule has 0 aromatic heterocycles. The molecule has 0 amide bonds. The second kappa shape index (κ2) is 93.0. The third kappa shape index (κ3) is 75.4. The highest BCUT2D eigenvalue weighted by Crippen LogP contribution is 2.13. The molecule has 0 radical (unpaired) electrons. The molecule has 0 unspecified atom stereocenters. The molecule has 0 aromatic rings. The summed E-state index contributed by atoms with van der Waals surface area (Å²) in [5, 5.41) is 0. The van der Waals surface area contributed by atoms with Gasteiger partial charge in [0, 0.05) is 65.4 Å². The molecule has 0 aromatic carbocycles. The Morgan fingerprint density at radius 1 is 0.0902 bits per heavy atom. The highest BCUT2D eigenvalue weighted by atomic mass is 15.2. The molecule has 0 aliphatic carbocycles. The maximum Gasteiger partial charge on any atom is 0.0109 e. The van der Waals surface area contributed by atoms with Crippen LogP contribution in [0.5, 0.6) is 0 Å². The monoisotopic (exact) mass is 1740 g/mol. The fraction of sp³-hybridized carbons (Fsp3) is 1.00. The Morgan fingerprint density at radius 3 is 0.262 bits per heavy atom. The Balaban J connectivity index is 7.72. The van der Waals surface area contributed by atoms with E-state index in [2.05, 4.69) is 92.5 Å². The summed E-state index contributed by atoms with van der Waals surface area (Å²) in [6.45, 7) is 59.4. The number of nitrogens with zero attached hydrogens (tertiary/aromatic N) is 16. The summed E-state index contributed by atoms with van der Waals surface area (Å²) in [6, 6.07) is 0. The number of nitrogens with two attached hydrogens (primary N) is 16. The predicted octanol–water partition coefficient (Wildman–Crippen LogP) is -1.44. The summed E-state index contributed by atoms with van der Waals surface area (Å²) >= 11 is 0. The zero-order valence-electron chi connectivity index (χ0n) is 80.6. The lowest BCUT2D eigenvalue weighted by Gasteiger charge is -2.31. The largest absolute Gasteiger partial charge is 0.330 e. The van der Waals surface area contributed by atoms with Gasteiger partial charge in [-0.15, -0.1) is 0 Å². The van der Waals surface area contributed by atoms with Gasteiger partial charge in [-0.05, 0) is 521 Å². The van der Waals surface area contributed by atoms with Gasteiger partial charge in [-0.2, -0.15) is 0 Å². The van der Waals surface area contributed by atoms with Gasteiger partial charge in [-0.1, -0.05) is 0 Å². The first-order valence-corrected chi connectivity index (χ1v) is 50.5. The van der Waals surface area contributed by atoms with Gasteiger partial charge in [0.1, 0.15) is 0 Å². The van der Waals surface area contributed by atoms with Crippen LogP contribution in [0.3, 0.4) is 0 Å². The minimum absolute atomic E-state index is 0.649. The molecule has 0 bridgehead atoms. The standard InChI is InChI=1S/C90H214N32/c1-107(2)45-15-58-113(64-20-70-116(75-24-77-118(79-27-83-121(85-41-103)86-42-104)80-28-84-122(87-43-105)88-44-106)74-22-72-114(66-16-59-108(46-3-29-91)47-4-30-92)67-17-60-109(48-5-31-93)49-6-32-94)65-21-71-117(78-26-82-120(90-89-119(56-13-39-101)57-14-40-102)81-25-63-112(54-11-37-99)55-12-38-100)76-23-73-115(68-18-61-110(50-7-33-95)51-8-34-96)69-19-62-111(52-9-35-97)53-10-36-98/h3-106H2,1-2H3. The third-order valence-electron chi connectivity index (χ3n) is 24.1. The van der Waals surface area contributed by atoms with Gasteiger partial charge in [0.15, 0.2) is 0 Å². The smallest absolute Gasteiger partial charge is 0.0109 e. The molecule has 0 atom stereocenters. The lowest BCUT2D eigenvalue weighted by Crippen LogP contribution is -2.40. The first-order valence-electron chi connectivity index (χ1n) is 50.5. The van der Waals surface area contributed by atoms with Gasteiger partial charge in [-0.3, -0.25) is 0 Å². The van der Waals surface area contributed by atoms with Crippen LogP contribution < -0.4 is 91.7 Å². The van der Waals surface area contributed by atoms with Gasteiger partial charge in [-0.25, -0.2) is 0 Å². The average molecular weight is 1740 g/mol. The molecule has 32 heteroatoms. The Bertz CT molecular complexity index is 1890. The van der Waals surface area contributed by atoms with Crippen LogP contribution in [0, 0.1) is 0 Å². The van der Waals surface area contributed by atoms with Crippen LogP contribution in [0.2, 0.25) is 0 Å². The van der Waals surface area contributed by atoms with Crippen LogP contribution >= 0.6 is 0 Å². The fourth-order valence-electron chi connectivity index (χ4n) is 17.2. The summed E-state index contributed by atoms with van der Waals surface area (Å²) in [5.74, 6) is 0. The van der Waals surface area contributed by atoms with Crippen molar-refractivity contribution < 1.29 is 0 Å². The van der Waals surface area contributed by atoms with E-state index in [9.17, 15) is 0 Å². The Kier molecular flexibility index (Phi) is 92.0. The van der Waals surface area contributed by atoms with Gasteiger partial charge < -0.3 is 170 Å². The van der Waals surface area contributed by atoms with Crippen molar-refractivity contribution >= 4 is 0 Å². The van der Waals surface area contributed by atoms with E-state index in [1.165, 1.54) is 0 Å². The normalized spacial score (nSPS) is 12.6. The third-order valence-corrected chi connectivity index (χ3v) is 24.1. The molecule has 734 valence electrons. The van der Waals surface area contributed by atoms with Crippen molar-refractivity contribution in [3.63, 3.8) is 0 Å². The molecule has 0 aliphatic heterocycles. The van der Waals surface area contributed by atoms with Crippen LogP contribution in [-0.2, 0) is 0 Å². The topological polar surface area (TPSA) is 468 Å². The molecule has 0 saturated heterocycles. The van der Waals surface area contributed by atoms with E-state index in [1.807, 2.05) is 0 Å². The summed E-state index contributed by atoms with van der Waals surface area (Å²) in [7, 11) is 4.46. The predicted molar refractivity (Wildman–Crippen MR) is 530 cm³/mol. The van der Waals surface area contributed by atoms with Crippen LogP contribution in [0.25, 0.3) is 0 Å². The Labute approximate surface area is 753 Å². The van der Waals surface area contributed by atoms with Gasteiger partial charge in [0.25, 0.3) is 0 Å². The molecular formula is C90H214N32. The zero-order valence-corrected chi connectivity index (χ0v) is 80.6.